The molecule has 0 saturated heterocycles. The topological polar surface area (TPSA) is 102 Å². The van der Waals surface area contributed by atoms with Gasteiger partial charge in [-0.15, -0.1) is 0 Å². The first-order valence-corrected chi connectivity index (χ1v) is 6.59. The summed E-state index contributed by atoms with van der Waals surface area (Å²) >= 11 is 0. The molecule has 6 nitrogen and oxygen atoms in total. The fourth-order valence-electron chi connectivity index (χ4n) is 2.14. The number of carbonyl (C=O) groups is 2. The van der Waals surface area contributed by atoms with E-state index in [0.717, 1.165) is 31.2 Å². The summed E-state index contributed by atoms with van der Waals surface area (Å²) < 4.78 is 4.68. The Bertz CT molecular complexity index is 599. The van der Waals surface area contributed by atoms with E-state index in [1.807, 2.05) is 0 Å². The molecule has 0 fully saturated rings. The Kier molecular flexibility index (Phi) is 4.34. The average Bonchev–Trinajstić information content (AvgIpc) is 3.07. The lowest BCUT2D eigenvalue weighted by molar-refractivity contribution is 0.0977. The third-order valence-electron chi connectivity index (χ3n) is 3.18. The van der Waals surface area contributed by atoms with E-state index in [9.17, 15) is 9.59 Å². The Hall–Kier alpha value is -2.37. The molecule has 0 unspecified atom stereocenters. The molecule has 0 aliphatic heterocycles. The van der Waals surface area contributed by atoms with Gasteiger partial charge in [-0.2, -0.15) is 0 Å². The SMILES string of the molecule is CCCCCc1c[nH]c(C(N)=O)c1C(=O)c1cnoc1. The maximum absolute atomic E-state index is 12.4. The van der Waals surface area contributed by atoms with Crippen molar-refractivity contribution < 1.29 is 14.1 Å². The Labute approximate surface area is 116 Å². The standard InChI is InChI=1S/C14H17N3O3/c1-2-3-4-5-9-6-16-12(14(15)19)11(9)13(18)10-7-17-20-8-10/h6-8,16H,2-5H2,1H3,(H2,15,19). The molecule has 0 saturated carbocycles. The molecule has 0 atom stereocenters. The number of ketones is 1. The Morgan fingerprint density at radius 3 is 2.80 bits per heavy atom. The molecule has 0 aliphatic carbocycles. The van der Waals surface area contributed by atoms with Gasteiger partial charge >= 0.3 is 0 Å². The van der Waals surface area contributed by atoms with Gasteiger partial charge in [0.2, 0.25) is 5.78 Å². The molecule has 2 heterocycles. The van der Waals surface area contributed by atoms with Crippen molar-refractivity contribution in [3.63, 3.8) is 0 Å². The summed E-state index contributed by atoms with van der Waals surface area (Å²) in [5.74, 6) is -0.945. The lowest BCUT2D eigenvalue weighted by Crippen LogP contribution is -2.17. The Balaban J connectivity index is 2.34. The van der Waals surface area contributed by atoms with Crippen LogP contribution >= 0.6 is 0 Å². The molecule has 6 heteroatoms. The van der Waals surface area contributed by atoms with E-state index in [1.54, 1.807) is 6.20 Å². The van der Waals surface area contributed by atoms with Gasteiger partial charge in [-0.1, -0.05) is 24.9 Å². The van der Waals surface area contributed by atoms with Crippen molar-refractivity contribution in [2.75, 3.05) is 0 Å². The first-order chi connectivity index (χ1) is 9.65. The van der Waals surface area contributed by atoms with E-state index in [1.165, 1.54) is 12.5 Å². The number of hydrogen-bond donors (Lipinski definition) is 2. The van der Waals surface area contributed by atoms with Crippen LogP contribution < -0.4 is 5.73 Å². The van der Waals surface area contributed by atoms with Gasteiger partial charge in [0, 0.05) is 6.20 Å². The van der Waals surface area contributed by atoms with E-state index >= 15 is 0 Å². The molecular formula is C14H17N3O3. The van der Waals surface area contributed by atoms with Crippen LogP contribution in [0.3, 0.4) is 0 Å². The highest BCUT2D eigenvalue weighted by Gasteiger charge is 2.23. The summed E-state index contributed by atoms with van der Waals surface area (Å²) in [4.78, 5) is 26.7. The van der Waals surface area contributed by atoms with Gasteiger partial charge in [0.05, 0.1) is 17.3 Å². The van der Waals surface area contributed by atoms with Crippen molar-refractivity contribution in [2.45, 2.75) is 32.6 Å². The monoisotopic (exact) mass is 275 g/mol. The second-order valence-electron chi connectivity index (χ2n) is 4.63. The van der Waals surface area contributed by atoms with Crippen molar-refractivity contribution in [2.24, 2.45) is 5.73 Å². The lowest BCUT2D eigenvalue weighted by Gasteiger charge is -2.03. The predicted molar refractivity (Wildman–Crippen MR) is 72.5 cm³/mol. The summed E-state index contributed by atoms with van der Waals surface area (Å²) in [6.07, 6.45) is 8.10. The number of nitrogens with zero attached hydrogens (tertiary/aromatic N) is 1. The maximum Gasteiger partial charge on any atom is 0.265 e. The molecule has 0 aliphatic rings. The third-order valence-corrected chi connectivity index (χ3v) is 3.18. The van der Waals surface area contributed by atoms with Gasteiger partial charge in [0.25, 0.3) is 5.91 Å². The normalized spacial score (nSPS) is 10.7. The van der Waals surface area contributed by atoms with Crippen LogP contribution in [0.5, 0.6) is 0 Å². The minimum absolute atomic E-state index is 0.141. The number of aromatic amines is 1. The van der Waals surface area contributed by atoms with E-state index in [4.69, 9.17) is 5.73 Å². The van der Waals surface area contributed by atoms with E-state index in [-0.39, 0.29) is 11.5 Å². The first kappa shape index (κ1) is 14.0. The summed E-state index contributed by atoms with van der Waals surface area (Å²) in [5.41, 5.74) is 6.90. The van der Waals surface area contributed by atoms with Crippen LogP contribution in [0.2, 0.25) is 0 Å². The molecule has 0 spiro atoms. The molecule has 1 amide bonds. The number of amides is 1. The number of nitrogens with one attached hydrogen (secondary N) is 1. The number of rotatable bonds is 7. The molecular weight excluding hydrogens is 258 g/mol. The zero-order valence-electron chi connectivity index (χ0n) is 11.3. The van der Waals surface area contributed by atoms with Gasteiger partial charge in [-0.3, -0.25) is 9.59 Å². The number of unbranched alkanes of at least 4 members (excludes halogenated alkanes) is 2. The van der Waals surface area contributed by atoms with Crippen LogP contribution in [0.25, 0.3) is 0 Å². The second kappa shape index (κ2) is 6.18. The molecule has 2 rings (SSSR count). The minimum atomic E-state index is -0.647. The summed E-state index contributed by atoms with van der Waals surface area (Å²) in [7, 11) is 0. The third kappa shape index (κ3) is 2.79. The molecule has 20 heavy (non-hydrogen) atoms. The molecule has 0 radical (unpaired) electrons. The van der Waals surface area contributed by atoms with Crippen molar-refractivity contribution in [1.29, 1.82) is 0 Å². The highest BCUT2D eigenvalue weighted by molar-refractivity contribution is 6.15. The minimum Gasteiger partial charge on any atom is -0.364 e. The van der Waals surface area contributed by atoms with Gasteiger partial charge < -0.3 is 15.2 Å². The summed E-state index contributed by atoms with van der Waals surface area (Å²) in [5, 5.41) is 3.51. The Morgan fingerprint density at radius 2 is 2.20 bits per heavy atom. The molecule has 0 bridgehead atoms. The smallest absolute Gasteiger partial charge is 0.265 e. The van der Waals surface area contributed by atoms with Crippen LogP contribution in [-0.2, 0) is 6.42 Å². The van der Waals surface area contributed by atoms with Crippen molar-refractivity contribution in [3.8, 4) is 0 Å². The number of primary amides is 1. The quantitative estimate of drug-likeness (QED) is 0.596. The van der Waals surface area contributed by atoms with Crippen molar-refractivity contribution >= 4 is 11.7 Å². The highest BCUT2D eigenvalue weighted by Crippen LogP contribution is 2.20. The van der Waals surface area contributed by atoms with E-state index < -0.39 is 5.91 Å². The number of H-pyrrole nitrogens is 1. The van der Waals surface area contributed by atoms with Crippen LogP contribution in [0.15, 0.2) is 23.2 Å². The van der Waals surface area contributed by atoms with Crippen LogP contribution in [0.1, 0.15) is 58.2 Å². The number of aryl methyl sites for hydroxylation is 1. The van der Waals surface area contributed by atoms with Crippen LogP contribution in [0, 0.1) is 0 Å². The van der Waals surface area contributed by atoms with E-state index in [2.05, 4.69) is 21.6 Å². The second-order valence-corrected chi connectivity index (χ2v) is 4.63. The molecule has 106 valence electrons. The van der Waals surface area contributed by atoms with Gasteiger partial charge in [-0.05, 0) is 18.4 Å². The molecule has 3 N–H and O–H groups in total. The van der Waals surface area contributed by atoms with Gasteiger partial charge in [0.15, 0.2) is 0 Å². The molecule has 2 aromatic heterocycles. The predicted octanol–water partition coefficient (Wildman–Crippen LogP) is 2.07. The average molecular weight is 275 g/mol. The first-order valence-electron chi connectivity index (χ1n) is 6.59. The van der Waals surface area contributed by atoms with Crippen molar-refractivity contribution in [1.82, 2.24) is 10.1 Å². The largest absolute Gasteiger partial charge is 0.364 e. The number of carbonyl (C=O) groups excluding carboxylic acids is 2. The van der Waals surface area contributed by atoms with Gasteiger partial charge in [-0.25, -0.2) is 0 Å². The van der Waals surface area contributed by atoms with Gasteiger partial charge in [0.1, 0.15) is 12.0 Å². The van der Waals surface area contributed by atoms with Crippen LogP contribution in [0.4, 0.5) is 0 Å². The molecule has 2 aromatic rings. The number of nitrogens with two attached hydrogens (primary N) is 1. The zero-order valence-corrected chi connectivity index (χ0v) is 11.3. The molecule has 0 aromatic carbocycles. The fourth-order valence-corrected chi connectivity index (χ4v) is 2.14. The number of hydrogen-bond acceptors (Lipinski definition) is 4. The maximum atomic E-state index is 12.4. The summed E-state index contributed by atoms with van der Waals surface area (Å²) in [6.45, 7) is 2.11. The zero-order chi connectivity index (χ0) is 14.5. The summed E-state index contributed by atoms with van der Waals surface area (Å²) in [6, 6.07) is 0. The Morgan fingerprint density at radius 1 is 1.40 bits per heavy atom. The number of aromatic nitrogens is 2. The van der Waals surface area contributed by atoms with Crippen molar-refractivity contribution in [3.05, 3.63) is 41.0 Å². The fraction of sp³-hybridized carbons (Fsp3) is 0.357. The lowest BCUT2D eigenvalue weighted by atomic mass is 9.98. The van der Waals surface area contributed by atoms with Crippen LogP contribution in [-0.4, -0.2) is 21.8 Å². The highest BCUT2D eigenvalue weighted by atomic mass is 16.5. The van der Waals surface area contributed by atoms with E-state index in [0.29, 0.717) is 11.1 Å².